The zero-order valence-corrected chi connectivity index (χ0v) is 8.87. The third kappa shape index (κ3) is 3.66. The molecule has 0 aliphatic carbocycles. The summed E-state index contributed by atoms with van der Waals surface area (Å²) in [5.41, 5.74) is 0. The van der Waals surface area contributed by atoms with Crippen LogP contribution in [-0.4, -0.2) is 24.3 Å². The maximum atomic E-state index is 10.5. The Morgan fingerprint density at radius 2 is 2.43 bits per heavy atom. The Morgan fingerprint density at radius 1 is 1.64 bits per heavy atom. The van der Waals surface area contributed by atoms with Crippen molar-refractivity contribution < 1.29 is 14.6 Å². The van der Waals surface area contributed by atoms with E-state index in [9.17, 15) is 4.79 Å². The summed E-state index contributed by atoms with van der Waals surface area (Å²) < 4.78 is 5.42. The first-order valence-corrected chi connectivity index (χ1v) is 5.53. The molecule has 2 unspecified atom stereocenters. The fourth-order valence-electron chi connectivity index (χ4n) is 2.22. The molecular formula is C11H20O3. The first-order chi connectivity index (χ1) is 6.74. The number of carbonyl (C=O) groups is 1. The quantitative estimate of drug-likeness (QED) is 0.740. The minimum Gasteiger partial charge on any atom is -0.481 e. The average Bonchev–Trinajstić information content (AvgIpc) is 2.20. The second-order valence-corrected chi connectivity index (χ2v) is 4.08. The molecule has 0 aromatic heterocycles. The van der Waals surface area contributed by atoms with Gasteiger partial charge >= 0.3 is 5.97 Å². The Hall–Kier alpha value is -0.570. The van der Waals surface area contributed by atoms with Gasteiger partial charge in [-0.25, -0.2) is 0 Å². The Labute approximate surface area is 85.5 Å². The predicted octanol–water partition coefficient (Wildman–Crippen LogP) is 2.30. The van der Waals surface area contributed by atoms with Gasteiger partial charge in [-0.2, -0.15) is 0 Å². The normalized spacial score (nSPS) is 24.5. The molecule has 2 atom stereocenters. The van der Waals surface area contributed by atoms with Crippen molar-refractivity contribution in [2.75, 3.05) is 13.2 Å². The van der Waals surface area contributed by atoms with Crippen LogP contribution in [0.3, 0.4) is 0 Å². The number of hydrogen-bond donors (Lipinski definition) is 1. The lowest BCUT2D eigenvalue weighted by Gasteiger charge is -2.29. The van der Waals surface area contributed by atoms with Crippen LogP contribution in [0.1, 0.15) is 39.0 Å². The second kappa shape index (κ2) is 6.02. The van der Waals surface area contributed by atoms with Gasteiger partial charge in [-0.1, -0.05) is 13.3 Å². The molecule has 0 saturated carbocycles. The summed E-state index contributed by atoms with van der Waals surface area (Å²) in [6.07, 6.45) is 4.52. The molecule has 1 heterocycles. The molecule has 82 valence electrons. The third-order valence-electron chi connectivity index (χ3n) is 3.12. The first-order valence-electron chi connectivity index (χ1n) is 5.53. The van der Waals surface area contributed by atoms with Crippen molar-refractivity contribution in [1.29, 1.82) is 0 Å². The molecule has 1 aliphatic heterocycles. The van der Waals surface area contributed by atoms with E-state index in [1.54, 1.807) is 0 Å². The highest BCUT2D eigenvalue weighted by Crippen LogP contribution is 2.28. The van der Waals surface area contributed by atoms with E-state index in [-0.39, 0.29) is 0 Å². The topological polar surface area (TPSA) is 46.5 Å². The van der Waals surface area contributed by atoms with Crippen LogP contribution < -0.4 is 0 Å². The van der Waals surface area contributed by atoms with Gasteiger partial charge in [-0.3, -0.25) is 4.79 Å². The summed E-state index contributed by atoms with van der Waals surface area (Å²) in [5, 5.41) is 8.63. The van der Waals surface area contributed by atoms with E-state index in [0.29, 0.717) is 18.3 Å². The van der Waals surface area contributed by atoms with Gasteiger partial charge in [0.25, 0.3) is 0 Å². The molecule has 0 aromatic rings. The highest BCUT2D eigenvalue weighted by molar-refractivity contribution is 5.66. The molecule has 1 rings (SSSR count). The van der Waals surface area contributed by atoms with E-state index in [0.717, 1.165) is 32.5 Å². The van der Waals surface area contributed by atoms with Crippen molar-refractivity contribution >= 4 is 5.97 Å². The van der Waals surface area contributed by atoms with Gasteiger partial charge in [0.05, 0.1) is 0 Å². The van der Waals surface area contributed by atoms with Crippen LogP contribution in [0.25, 0.3) is 0 Å². The number of carboxylic acid groups (broad SMARTS) is 1. The van der Waals surface area contributed by atoms with Gasteiger partial charge in [0.2, 0.25) is 0 Å². The van der Waals surface area contributed by atoms with Gasteiger partial charge in [0, 0.05) is 19.6 Å². The lowest BCUT2D eigenvalue weighted by molar-refractivity contribution is -0.137. The van der Waals surface area contributed by atoms with Crippen LogP contribution in [0.2, 0.25) is 0 Å². The lowest BCUT2D eigenvalue weighted by atomic mass is 9.83. The monoisotopic (exact) mass is 200 g/mol. The Kier molecular flexibility index (Phi) is 4.94. The molecule has 1 saturated heterocycles. The number of hydrogen-bond acceptors (Lipinski definition) is 2. The standard InChI is InChI=1S/C11H20O3/c1-2-9(5-6-11(12)13)10-4-3-7-14-8-10/h9-10H,2-8H2,1H3,(H,12,13). The number of rotatable bonds is 5. The van der Waals surface area contributed by atoms with Gasteiger partial charge in [0.1, 0.15) is 0 Å². The van der Waals surface area contributed by atoms with Crippen molar-refractivity contribution in [1.82, 2.24) is 0 Å². The Morgan fingerprint density at radius 3 is 2.93 bits per heavy atom. The van der Waals surface area contributed by atoms with Gasteiger partial charge in [0.15, 0.2) is 0 Å². The fraction of sp³-hybridized carbons (Fsp3) is 0.909. The number of aliphatic carboxylic acids is 1. The smallest absolute Gasteiger partial charge is 0.303 e. The zero-order valence-electron chi connectivity index (χ0n) is 8.87. The van der Waals surface area contributed by atoms with E-state index in [2.05, 4.69) is 6.92 Å². The second-order valence-electron chi connectivity index (χ2n) is 4.08. The SMILES string of the molecule is CCC(CCC(=O)O)C1CCCOC1. The lowest BCUT2D eigenvalue weighted by Crippen LogP contribution is -2.25. The van der Waals surface area contributed by atoms with Gasteiger partial charge in [-0.05, 0) is 31.1 Å². The largest absolute Gasteiger partial charge is 0.481 e. The van der Waals surface area contributed by atoms with Crippen molar-refractivity contribution in [2.24, 2.45) is 11.8 Å². The maximum absolute atomic E-state index is 10.5. The molecule has 3 heteroatoms. The van der Waals surface area contributed by atoms with E-state index in [1.165, 1.54) is 6.42 Å². The highest BCUT2D eigenvalue weighted by atomic mass is 16.5. The van der Waals surface area contributed by atoms with Crippen LogP contribution in [0.15, 0.2) is 0 Å². The van der Waals surface area contributed by atoms with Crippen molar-refractivity contribution in [3.8, 4) is 0 Å². The van der Waals surface area contributed by atoms with Crippen molar-refractivity contribution in [2.45, 2.75) is 39.0 Å². The Balaban J connectivity index is 2.31. The minimum atomic E-state index is -0.680. The summed E-state index contributed by atoms with van der Waals surface area (Å²) in [6.45, 7) is 3.85. The molecule has 3 nitrogen and oxygen atoms in total. The summed E-state index contributed by atoms with van der Waals surface area (Å²) in [6, 6.07) is 0. The zero-order chi connectivity index (χ0) is 10.4. The summed E-state index contributed by atoms with van der Waals surface area (Å²) >= 11 is 0. The summed E-state index contributed by atoms with van der Waals surface area (Å²) in [7, 11) is 0. The van der Waals surface area contributed by atoms with E-state index in [4.69, 9.17) is 9.84 Å². The number of carboxylic acids is 1. The molecule has 14 heavy (non-hydrogen) atoms. The summed E-state index contributed by atoms with van der Waals surface area (Å²) in [4.78, 5) is 10.5. The maximum Gasteiger partial charge on any atom is 0.303 e. The van der Waals surface area contributed by atoms with E-state index in [1.807, 2.05) is 0 Å². The van der Waals surface area contributed by atoms with E-state index >= 15 is 0 Å². The third-order valence-corrected chi connectivity index (χ3v) is 3.12. The molecule has 1 aliphatic rings. The predicted molar refractivity (Wildman–Crippen MR) is 54.2 cm³/mol. The van der Waals surface area contributed by atoms with Crippen LogP contribution in [0, 0.1) is 11.8 Å². The van der Waals surface area contributed by atoms with Crippen LogP contribution in [0.5, 0.6) is 0 Å². The fourth-order valence-corrected chi connectivity index (χ4v) is 2.22. The highest BCUT2D eigenvalue weighted by Gasteiger charge is 2.23. The minimum absolute atomic E-state index is 0.301. The molecule has 0 aromatic carbocycles. The molecule has 0 spiro atoms. The van der Waals surface area contributed by atoms with Crippen molar-refractivity contribution in [3.05, 3.63) is 0 Å². The van der Waals surface area contributed by atoms with Gasteiger partial charge in [-0.15, -0.1) is 0 Å². The summed E-state index contributed by atoms with van der Waals surface area (Å²) in [5.74, 6) is 0.444. The van der Waals surface area contributed by atoms with Crippen LogP contribution in [-0.2, 0) is 9.53 Å². The van der Waals surface area contributed by atoms with E-state index < -0.39 is 5.97 Å². The van der Waals surface area contributed by atoms with Gasteiger partial charge < -0.3 is 9.84 Å². The molecule has 1 fully saturated rings. The molecule has 1 N–H and O–H groups in total. The average molecular weight is 200 g/mol. The number of ether oxygens (including phenoxy) is 1. The Bertz CT molecular complexity index is 173. The first kappa shape index (κ1) is 11.5. The molecule has 0 amide bonds. The van der Waals surface area contributed by atoms with Crippen molar-refractivity contribution in [3.63, 3.8) is 0 Å². The van der Waals surface area contributed by atoms with Crippen LogP contribution >= 0.6 is 0 Å². The molecule has 0 radical (unpaired) electrons. The molecular weight excluding hydrogens is 180 g/mol. The van der Waals surface area contributed by atoms with Crippen LogP contribution in [0.4, 0.5) is 0 Å². The molecule has 0 bridgehead atoms.